The first-order chi connectivity index (χ1) is 13.1. The Morgan fingerprint density at radius 2 is 2.00 bits per heavy atom. The molecule has 0 aliphatic rings. The van der Waals surface area contributed by atoms with Crippen LogP contribution in [0.3, 0.4) is 0 Å². The van der Waals surface area contributed by atoms with Crippen LogP contribution in [0.15, 0.2) is 47.8 Å². The van der Waals surface area contributed by atoms with Gasteiger partial charge in [0.2, 0.25) is 5.91 Å². The second-order valence-corrected chi connectivity index (χ2v) is 6.55. The zero-order chi connectivity index (χ0) is 19.2. The van der Waals surface area contributed by atoms with E-state index in [0.29, 0.717) is 23.0 Å². The van der Waals surface area contributed by atoms with Crippen molar-refractivity contribution < 1.29 is 18.7 Å². The quantitative estimate of drug-likeness (QED) is 0.648. The van der Waals surface area contributed by atoms with E-state index < -0.39 is 5.82 Å². The summed E-state index contributed by atoms with van der Waals surface area (Å²) in [6, 6.07) is 12.0. The van der Waals surface area contributed by atoms with Crippen molar-refractivity contribution in [2.75, 3.05) is 19.0 Å². The van der Waals surface area contributed by atoms with Crippen LogP contribution >= 0.6 is 11.3 Å². The number of halogens is 1. The standard InChI is InChI=1S/C20H19FN2O3S/c1-3-26-15-7-4-13(5-8-15)10-19(24)23-20-22-17(12-27-20)14-6-9-18(25-2)16(21)11-14/h4-9,11-12H,3,10H2,1-2H3,(H,22,23,24). The van der Waals surface area contributed by atoms with Crippen molar-refractivity contribution in [1.82, 2.24) is 4.98 Å². The number of carbonyl (C=O) groups excluding carboxylic acids is 1. The second kappa shape index (κ2) is 8.64. The van der Waals surface area contributed by atoms with E-state index in [1.165, 1.54) is 24.5 Å². The minimum Gasteiger partial charge on any atom is -0.494 e. The monoisotopic (exact) mass is 386 g/mol. The number of anilines is 1. The molecule has 0 radical (unpaired) electrons. The van der Waals surface area contributed by atoms with Crippen LogP contribution < -0.4 is 14.8 Å². The third kappa shape index (κ3) is 4.83. The molecule has 3 aromatic rings. The van der Waals surface area contributed by atoms with Crippen LogP contribution in [0.25, 0.3) is 11.3 Å². The number of hydrogen-bond donors (Lipinski definition) is 1. The molecule has 0 bridgehead atoms. The number of thiazole rings is 1. The number of methoxy groups -OCH3 is 1. The highest BCUT2D eigenvalue weighted by atomic mass is 32.1. The van der Waals surface area contributed by atoms with Crippen molar-refractivity contribution >= 4 is 22.4 Å². The molecule has 0 unspecified atom stereocenters. The first-order valence-electron chi connectivity index (χ1n) is 8.40. The summed E-state index contributed by atoms with van der Waals surface area (Å²) in [5, 5.41) is 5.02. The highest BCUT2D eigenvalue weighted by Gasteiger charge is 2.11. The number of ether oxygens (including phenoxy) is 2. The van der Waals surface area contributed by atoms with E-state index in [1.54, 1.807) is 17.5 Å². The molecule has 3 rings (SSSR count). The van der Waals surface area contributed by atoms with Crippen molar-refractivity contribution in [3.8, 4) is 22.8 Å². The van der Waals surface area contributed by atoms with Gasteiger partial charge in [0, 0.05) is 10.9 Å². The summed E-state index contributed by atoms with van der Waals surface area (Å²) in [5.41, 5.74) is 2.10. The number of benzene rings is 2. The third-order valence-electron chi connectivity index (χ3n) is 3.80. The van der Waals surface area contributed by atoms with Crippen molar-refractivity contribution in [2.24, 2.45) is 0 Å². The highest BCUT2D eigenvalue weighted by molar-refractivity contribution is 7.14. The van der Waals surface area contributed by atoms with E-state index in [1.807, 2.05) is 31.2 Å². The summed E-state index contributed by atoms with van der Waals surface area (Å²) in [6.45, 7) is 2.52. The van der Waals surface area contributed by atoms with Crippen LogP contribution in [0.2, 0.25) is 0 Å². The summed E-state index contributed by atoms with van der Waals surface area (Å²) in [7, 11) is 1.42. The molecule has 1 amide bonds. The normalized spacial score (nSPS) is 10.5. The van der Waals surface area contributed by atoms with Gasteiger partial charge < -0.3 is 14.8 Å². The lowest BCUT2D eigenvalue weighted by Gasteiger charge is -2.05. The van der Waals surface area contributed by atoms with Gasteiger partial charge in [-0.15, -0.1) is 11.3 Å². The van der Waals surface area contributed by atoms with Crippen LogP contribution in [0.1, 0.15) is 12.5 Å². The van der Waals surface area contributed by atoms with Crippen LogP contribution in [0, 0.1) is 5.82 Å². The van der Waals surface area contributed by atoms with E-state index in [-0.39, 0.29) is 18.1 Å². The Morgan fingerprint density at radius 3 is 2.67 bits per heavy atom. The topological polar surface area (TPSA) is 60.5 Å². The maximum atomic E-state index is 13.8. The van der Waals surface area contributed by atoms with Crippen LogP contribution in [-0.4, -0.2) is 24.6 Å². The molecule has 0 aliphatic carbocycles. The fourth-order valence-electron chi connectivity index (χ4n) is 2.51. The zero-order valence-corrected chi connectivity index (χ0v) is 15.8. The smallest absolute Gasteiger partial charge is 0.230 e. The molecular weight excluding hydrogens is 367 g/mol. The molecular formula is C20H19FN2O3S. The second-order valence-electron chi connectivity index (χ2n) is 5.69. The number of carbonyl (C=O) groups is 1. The van der Waals surface area contributed by atoms with Gasteiger partial charge in [-0.05, 0) is 42.8 Å². The first kappa shape index (κ1) is 18.8. The van der Waals surface area contributed by atoms with E-state index in [4.69, 9.17) is 9.47 Å². The molecule has 5 nitrogen and oxygen atoms in total. The lowest BCUT2D eigenvalue weighted by atomic mass is 10.1. The molecule has 27 heavy (non-hydrogen) atoms. The minimum atomic E-state index is -0.455. The van der Waals surface area contributed by atoms with Gasteiger partial charge >= 0.3 is 0 Å². The lowest BCUT2D eigenvalue weighted by Crippen LogP contribution is -2.14. The number of rotatable bonds is 7. The Bertz CT molecular complexity index is 925. The Labute approximate surface area is 160 Å². The Balaban J connectivity index is 1.63. The van der Waals surface area contributed by atoms with Gasteiger partial charge in [0.15, 0.2) is 16.7 Å². The molecule has 2 aromatic carbocycles. The van der Waals surface area contributed by atoms with Gasteiger partial charge in [0.05, 0.1) is 25.8 Å². The van der Waals surface area contributed by atoms with Crippen LogP contribution in [0.5, 0.6) is 11.5 Å². The van der Waals surface area contributed by atoms with Crippen LogP contribution in [0.4, 0.5) is 9.52 Å². The predicted molar refractivity (Wildman–Crippen MR) is 104 cm³/mol. The first-order valence-corrected chi connectivity index (χ1v) is 9.28. The van der Waals surface area contributed by atoms with E-state index in [0.717, 1.165) is 11.3 Å². The molecule has 140 valence electrons. The molecule has 0 saturated carbocycles. The molecule has 7 heteroatoms. The molecule has 0 fully saturated rings. The van der Waals surface area contributed by atoms with Crippen molar-refractivity contribution in [1.29, 1.82) is 0 Å². The molecule has 1 N–H and O–H groups in total. The molecule has 0 aliphatic heterocycles. The maximum Gasteiger partial charge on any atom is 0.230 e. The van der Waals surface area contributed by atoms with Gasteiger partial charge in [0.25, 0.3) is 0 Å². The van der Waals surface area contributed by atoms with Gasteiger partial charge in [-0.3, -0.25) is 4.79 Å². The number of nitrogens with one attached hydrogen (secondary N) is 1. The van der Waals surface area contributed by atoms with Crippen LogP contribution in [-0.2, 0) is 11.2 Å². The predicted octanol–water partition coefficient (Wildman–Crippen LogP) is 4.54. The summed E-state index contributed by atoms with van der Waals surface area (Å²) in [6.07, 6.45) is 0.235. The Kier molecular flexibility index (Phi) is 6.03. The van der Waals surface area contributed by atoms with E-state index in [2.05, 4.69) is 10.3 Å². The lowest BCUT2D eigenvalue weighted by molar-refractivity contribution is -0.115. The van der Waals surface area contributed by atoms with Gasteiger partial charge in [0.1, 0.15) is 5.75 Å². The number of aromatic nitrogens is 1. The van der Waals surface area contributed by atoms with Crippen molar-refractivity contribution in [3.05, 3.63) is 59.2 Å². The average molecular weight is 386 g/mol. The number of nitrogens with zero attached hydrogens (tertiary/aromatic N) is 1. The summed E-state index contributed by atoms with van der Waals surface area (Å²) >= 11 is 1.29. The average Bonchev–Trinajstić information content (AvgIpc) is 3.12. The molecule has 0 saturated heterocycles. The summed E-state index contributed by atoms with van der Waals surface area (Å²) < 4.78 is 24.1. The fraction of sp³-hybridized carbons (Fsp3) is 0.200. The molecule has 0 spiro atoms. The number of hydrogen-bond acceptors (Lipinski definition) is 5. The van der Waals surface area contributed by atoms with Gasteiger partial charge in [-0.1, -0.05) is 12.1 Å². The van der Waals surface area contributed by atoms with Crippen molar-refractivity contribution in [2.45, 2.75) is 13.3 Å². The zero-order valence-electron chi connectivity index (χ0n) is 15.0. The van der Waals surface area contributed by atoms with Gasteiger partial charge in [-0.25, -0.2) is 9.37 Å². The minimum absolute atomic E-state index is 0.166. The summed E-state index contributed by atoms with van der Waals surface area (Å²) in [5.74, 6) is 0.334. The Morgan fingerprint density at radius 1 is 1.22 bits per heavy atom. The Hall–Kier alpha value is -2.93. The highest BCUT2D eigenvalue weighted by Crippen LogP contribution is 2.28. The van der Waals surface area contributed by atoms with E-state index >= 15 is 0 Å². The largest absolute Gasteiger partial charge is 0.494 e. The maximum absolute atomic E-state index is 13.8. The molecule has 0 atom stereocenters. The molecule has 1 heterocycles. The SMILES string of the molecule is CCOc1ccc(CC(=O)Nc2nc(-c3ccc(OC)c(F)c3)cs2)cc1. The number of amides is 1. The fourth-order valence-corrected chi connectivity index (χ4v) is 3.24. The summed E-state index contributed by atoms with van der Waals surface area (Å²) in [4.78, 5) is 16.6. The van der Waals surface area contributed by atoms with Crippen molar-refractivity contribution in [3.63, 3.8) is 0 Å². The van der Waals surface area contributed by atoms with Gasteiger partial charge in [-0.2, -0.15) is 0 Å². The van der Waals surface area contributed by atoms with E-state index in [9.17, 15) is 9.18 Å². The molecule has 1 aromatic heterocycles. The third-order valence-corrected chi connectivity index (χ3v) is 4.55.